The SMILES string of the molecule is Cc1nc(Cc2ccccn2)nc(C)c1CC(=O)O. The van der Waals surface area contributed by atoms with E-state index >= 15 is 0 Å². The Bertz CT molecular complexity index is 574. The second-order valence-corrected chi connectivity index (χ2v) is 4.36. The standard InChI is InChI=1S/C14H15N3O2/c1-9-12(8-14(18)19)10(2)17-13(16-9)7-11-5-3-4-6-15-11/h3-6H,7-8H2,1-2H3,(H,18,19). The van der Waals surface area contributed by atoms with E-state index in [0.717, 1.165) is 17.1 Å². The quantitative estimate of drug-likeness (QED) is 0.902. The third-order valence-corrected chi connectivity index (χ3v) is 2.86. The van der Waals surface area contributed by atoms with E-state index in [4.69, 9.17) is 5.11 Å². The number of aromatic nitrogens is 3. The minimum absolute atomic E-state index is 0.0401. The molecule has 0 spiro atoms. The fourth-order valence-electron chi connectivity index (χ4n) is 1.96. The molecule has 5 heteroatoms. The fourth-order valence-corrected chi connectivity index (χ4v) is 1.96. The third-order valence-electron chi connectivity index (χ3n) is 2.86. The maximum atomic E-state index is 10.8. The van der Waals surface area contributed by atoms with Gasteiger partial charge in [0.2, 0.25) is 0 Å². The molecule has 0 aliphatic heterocycles. The van der Waals surface area contributed by atoms with Gasteiger partial charge in [0, 0.05) is 28.8 Å². The van der Waals surface area contributed by atoms with Gasteiger partial charge in [0.25, 0.3) is 0 Å². The van der Waals surface area contributed by atoms with Gasteiger partial charge in [-0.25, -0.2) is 9.97 Å². The van der Waals surface area contributed by atoms with E-state index in [2.05, 4.69) is 15.0 Å². The lowest BCUT2D eigenvalue weighted by Gasteiger charge is -2.09. The van der Waals surface area contributed by atoms with E-state index in [9.17, 15) is 4.79 Å². The molecule has 98 valence electrons. The van der Waals surface area contributed by atoms with Crippen LogP contribution in [0.1, 0.15) is 28.5 Å². The van der Waals surface area contributed by atoms with Crippen molar-refractivity contribution in [1.29, 1.82) is 0 Å². The second-order valence-electron chi connectivity index (χ2n) is 4.36. The van der Waals surface area contributed by atoms with Gasteiger partial charge in [-0.05, 0) is 26.0 Å². The fraction of sp³-hybridized carbons (Fsp3) is 0.286. The number of rotatable bonds is 4. The molecule has 0 atom stereocenters. The minimum Gasteiger partial charge on any atom is -0.481 e. The first-order valence-electron chi connectivity index (χ1n) is 6.01. The van der Waals surface area contributed by atoms with Crippen molar-refractivity contribution in [3.8, 4) is 0 Å². The molecular weight excluding hydrogens is 242 g/mol. The molecule has 0 bridgehead atoms. The molecule has 19 heavy (non-hydrogen) atoms. The van der Waals surface area contributed by atoms with Crippen molar-refractivity contribution in [2.45, 2.75) is 26.7 Å². The Morgan fingerprint density at radius 2 is 1.89 bits per heavy atom. The van der Waals surface area contributed by atoms with Crippen LogP contribution in [0.15, 0.2) is 24.4 Å². The van der Waals surface area contributed by atoms with Crippen LogP contribution in [0.2, 0.25) is 0 Å². The maximum absolute atomic E-state index is 10.8. The average molecular weight is 257 g/mol. The summed E-state index contributed by atoms with van der Waals surface area (Å²) in [6.07, 6.45) is 2.24. The van der Waals surface area contributed by atoms with Crippen molar-refractivity contribution in [2.24, 2.45) is 0 Å². The van der Waals surface area contributed by atoms with E-state index in [1.165, 1.54) is 0 Å². The number of carboxylic acids is 1. The molecule has 0 aromatic carbocycles. The second kappa shape index (κ2) is 5.56. The molecule has 2 aromatic rings. The zero-order chi connectivity index (χ0) is 13.8. The summed E-state index contributed by atoms with van der Waals surface area (Å²) >= 11 is 0. The molecule has 2 heterocycles. The number of aliphatic carboxylic acids is 1. The van der Waals surface area contributed by atoms with Gasteiger partial charge in [0.05, 0.1) is 12.8 Å². The third kappa shape index (κ3) is 3.34. The number of nitrogens with zero attached hydrogens (tertiary/aromatic N) is 3. The van der Waals surface area contributed by atoms with Crippen LogP contribution in [0.5, 0.6) is 0 Å². The maximum Gasteiger partial charge on any atom is 0.307 e. The largest absolute Gasteiger partial charge is 0.481 e. The molecule has 0 aliphatic carbocycles. The van der Waals surface area contributed by atoms with Crippen molar-refractivity contribution in [3.05, 3.63) is 52.9 Å². The highest BCUT2D eigenvalue weighted by Crippen LogP contribution is 2.12. The van der Waals surface area contributed by atoms with Gasteiger partial charge in [-0.15, -0.1) is 0 Å². The lowest BCUT2D eigenvalue weighted by molar-refractivity contribution is -0.136. The number of pyridine rings is 1. The van der Waals surface area contributed by atoms with Crippen LogP contribution in [0.4, 0.5) is 0 Å². The molecule has 1 N–H and O–H groups in total. The van der Waals surface area contributed by atoms with Crippen LogP contribution < -0.4 is 0 Å². The van der Waals surface area contributed by atoms with Gasteiger partial charge in [0.15, 0.2) is 0 Å². The normalized spacial score (nSPS) is 10.4. The summed E-state index contributed by atoms with van der Waals surface area (Å²) in [7, 11) is 0. The average Bonchev–Trinajstić information content (AvgIpc) is 2.35. The van der Waals surface area contributed by atoms with Crippen molar-refractivity contribution < 1.29 is 9.90 Å². The first-order valence-corrected chi connectivity index (χ1v) is 6.01. The highest BCUT2D eigenvalue weighted by Gasteiger charge is 2.12. The Labute approximate surface area is 111 Å². The topological polar surface area (TPSA) is 76.0 Å². The van der Waals surface area contributed by atoms with E-state index < -0.39 is 5.97 Å². The summed E-state index contributed by atoms with van der Waals surface area (Å²) in [6.45, 7) is 3.63. The summed E-state index contributed by atoms with van der Waals surface area (Å²) in [4.78, 5) is 23.7. The summed E-state index contributed by atoms with van der Waals surface area (Å²) in [5.41, 5.74) is 3.03. The monoisotopic (exact) mass is 257 g/mol. The first kappa shape index (κ1) is 13.1. The van der Waals surface area contributed by atoms with Crippen LogP contribution in [-0.4, -0.2) is 26.0 Å². The highest BCUT2D eigenvalue weighted by molar-refractivity contribution is 5.70. The Morgan fingerprint density at radius 3 is 2.42 bits per heavy atom. The van der Waals surface area contributed by atoms with Gasteiger partial charge in [-0.2, -0.15) is 0 Å². The predicted molar refractivity (Wildman–Crippen MR) is 69.9 cm³/mol. The Morgan fingerprint density at radius 1 is 1.21 bits per heavy atom. The van der Waals surface area contributed by atoms with Gasteiger partial charge in [-0.1, -0.05) is 6.07 Å². The van der Waals surface area contributed by atoms with Crippen molar-refractivity contribution in [3.63, 3.8) is 0 Å². The molecule has 0 saturated carbocycles. The zero-order valence-electron chi connectivity index (χ0n) is 10.9. The molecule has 0 radical (unpaired) electrons. The van der Waals surface area contributed by atoms with Crippen LogP contribution in [-0.2, 0) is 17.6 Å². The smallest absolute Gasteiger partial charge is 0.307 e. The summed E-state index contributed by atoms with van der Waals surface area (Å²) in [5, 5.41) is 8.85. The zero-order valence-corrected chi connectivity index (χ0v) is 10.9. The Hall–Kier alpha value is -2.30. The van der Waals surface area contributed by atoms with Crippen molar-refractivity contribution in [1.82, 2.24) is 15.0 Å². The molecular formula is C14H15N3O2. The first-order chi connectivity index (χ1) is 9.06. The summed E-state index contributed by atoms with van der Waals surface area (Å²) < 4.78 is 0. The van der Waals surface area contributed by atoms with E-state index in [1.807, 2.05) is 32.0 Å². The van der Waals surface area contributed by atoms with Crippen LogP contribution in [0.3, 0.4) is 0 Å². The van der Waals surface area contributed by atoms with Crippen LogP contribution in [0, 0.1) is 13.8 Å². The predicted octanol–water partition coefficient (Wildman–Crippen LogP) is 1.71. The molecule has 0 aliphatic rings. The van der Waals surface area contributed by atoms with E-state index in [-0.39, 0.29) is 6.42 Å². The van der Waals surface area contributed by atoms with Gasteiger partial charge >= 0.3 is 5.97 Å². The van der Waals surface area contributed by atoms with Crippen LogP contribution >= 0.6 is 0 Å². The molecule has 0 saturated heterocycles. The van der Waals surface area contributed by atoms with E-state index in [0.29, 0.717) is 17.8 Å². The molecule has 0 fully saturated rings. The molecule has 2 rings (SSSR count). The Kier molecular flexibility index (Phi) is 3.85. The lowest BCUT2D eigenvalue weighted by atomic mass is 10.1. The minimum atomic E-state index is -0.868. The van der Waals surface area contributed by atoms with Crippen LogP contribution in [0.25, 0.3) is 0 Å². The molecule has 0 amide bonds. The number of aryl methyl sites for hydroxylation is 2. The Balaban J connectivity index is 2.27. The number of carboxylic acid groups (broad SMARTS) is 1. The molecule has 0 unspecified atom stereocenters. The summed E-state index contributed by atoms with van der Waals surface area (Å²) in [6, 6.07) is 5.69. The number of carbonyl (C=O) groups is 1. The molecule has 2 aromatic heterocycles. The molecule has 5 nitrogen and oxygen atoms in total. The van der Waals surface area contributed by atoms with Crippen molar-refractivity contribution in [2.75, 3.05) is 0 Å². The lowest BCUT2D eigenvalue weighted by Crippen LogP contribution is -2.10. The summed E-state index contributed by atoms with van der Waals surface area (Å²) in [5.74, 6) is -0.199. The van der Waals surface area contributed by atoms with Gasteiger partial charge < -0.3 is 5.11 Å². The van der Waals surface area contributed by atoms with Gasteiger partial charge in [0.1, 0.15) is 5.82 Å². The van der Waals surface area contributed by atoms with E-state index in [1.54, 1.807) is 6.20 Å². The van der Waals surface area contributed by atoms with Crippen molar-refractivity contribution >= 4 is 5.97 Å². The van der Waals surface area contributed by atoms with Gasteiger partial charge in [-0.3, -0.25) is 9.78 Å². The number of hydrogen-bond acceptors (Lipinski definition) is 4. The highest BCUT2D eigenvalue weighted by atomic mass is 16.4. The number of hydrogen-bond donors (Lipinski definition) is 1.